The monoisotopic (exact) mass is 257 g/mol. The fourth-order valence-corrected chi connectivity index (χ4v) is 2.29. The second kappa shape index (κ2) is 4.68. The molecule has 1 aliphatic heterocycles. The highest BCUT2D eigenvalue weighted by Crippen LogP contribution is 2.16. The van der Waals surface area contributed by atoms with E-state index in [0.29, 0.717) is 24.2 Å². The van der Waals surface area contributed by atoms with E-state index in [1.54, 1.807) is 6.92 Å². The number of hydrogen-bond donors (Lipinski definition) is 2. The lowest BCUT2D eigenvalue weighted by Gasteiger charge is -2.12. The number of rotatable bonds is 2. The summed E-state index contributed by atoms with van der Waals surface area (Å²) < 4.78 is 26.9. The summed E-state index contributed by atoms with van der Waals surface area (Å²) in [6.07, 6.45) is 0.586. The van der Waals surface area contributed by atoms with Gasteiger partial charge in [-0.15, -0.1) is 0 Å². The van der Waals surface area contributed by atoms with E-state index in [1.807, 2.05) is 0 Å². The summed E-state index contributed by atoms with van der Waals surface area (Å²) >= 11 is 0. The van der Waals surface area contributed by atoms with Crippen molar-refractivity contribution in [2.24, 2.45) is 0 Å². The molecule has 92 valence electrons. The van der Waals surface area contributed by atoms with Crippen molar-refractivity contribution in [3.63, 3.8) is 0 Å². The van der Waals surface area contributed by atoms with E-state index in [-0.39, 0.29) is 17.3 Å². The minimum absolute atomic E-state index is 0.00764. The van der Waals surface area contributed by atoms with Crippen molar-refractivity contribution < 1.29 is 17.9 Å². The number of esters is 1. The van der Waals surface area contributed by atoms with Crippen molar-refractivity contribution in [1.29, 1.82) is 0 Å². The van der Waals surface area contributed by atoms with Gasteiger partial charge in [-0.2, -0.15) is 13.5 Å². The molecule has 0 saturated heterocycles. The molecule has 7 nitrogen and oxygen atoms in total. The number of ether oxygens (including phenoxy) is 1. The first kappa shape index (κ1) is 11.8. The number of carbonyl (C=O) groups excluding carboxylic acids is 1. The van der Waals surface area contributed by atoms with Crippen molar-refractivity contribution >= 4 is 21.3 Å². The Labute approximate surface area is 98.7 Å². The van der Waals surface area contributed by atoms with Crippen LogP contribution in [0.15, 0.2) is 0 Å². The van der Waals surface area contributed by atoms with Gasteiger partial charge in [0.25, 0.3) is 0 Å². The number of H-pyrrole nitrogens is 1. The largest absolute Gasteiger partial charge is 0.461 e. The number of aromatic amines is 1. The van der Waals surface area contributed by atoms with Gasteiger partial charge in [0.2, 0.25) is 10.3 Å². The van der Waals surface area contributed by atoms with Crippen molar-refractivity contribution in [1.82, 2.24) is 15.5 Å². The van der Waals surface area contributed by atoms with Gasteiger partial charge < -0.3 is 4.74 Å². The minimum atomic E-state index is -2.43. The van der Waals surface area contributed by atoms with E-state index in [9.17, 15) is 13.2 Å². The smallest absolute Gasteiger partial charge is 0.359 e. The van der Waals surface area contributed by atoms with Crippen molar-refractivity contribution in [2.75, 3.05) is 13.2 Å². The first-order valence-electron chi connectivity index (χ1n) is 5.10. The Morgan fingerprint density at radius 2 is 2.29 bits per heavy atom. The topological polar surface area (TPSA) is 101 Å². The van der Waals surface area contributed by atoms with Crippen LogP contribution in [0.1, 0.15) is 28.7 Å². The lowest BCUT2D eigenvalue weighted by atomic mass is 10.1. The number of nitrogens with one attached hydrogen (secondary N) is 2. The van der Waals surface area contributed by atoms with Crippen LogP contribution in [0.3, 0.4) is 0 Å². The fourth-order valence-electron chi connectivity index (χ4n) is 1.68. The first-order valence-corrected chi connectivity index (χ1v) is 6.17. The molecule has 0 amide bonds. The molecular formula is C9H11N3O4S. The van der Waals surface area contributed by atoms with Crippen LogP contribution < -0.4 is 5.32 Å². The molecule has 1 aromatic rings. The summed E-state index contributed by atoms with van der Waals surface area (Å²) in [5.74, 6) is -0.628. The number of fused-ring (bicyclic) bond motifs is 1. The van der Waals surface area contributed by atoms with Gasteiger partial charge in [0.15, 0.2) is 5.69 Å². The molecule has 0 fully saturated rings. The summed E-state index contributed by atoms with van der Waals surface area (Å²) in [4.78, 5) is 11.6. The maximum atomic E-state index is 11.6. The molecule has 1 aliphatic rings. The van der Waals surface area contributed by atoms with E-state index in [2.05, 4.69) is 15.5 Å². The summed E-state index contributed by atoms with van der Waals surface area (Å²) in [5.41, 5.74) is 0.933. The molecule has 0 saturated carbocycles. The summed E-state index contributed by atoms with van der Waals surface area (Å²) in [7, 11) is -2.43. The fraction of sp³-hybridized carbons (Fsp3) is 0.444. The van der Waals surface area contributed by atoms with Gasteiger partial charge in [0.05, 0.1) is 12.2 Å². The van der Waals surface area contributed by atoms with Crippen LogP contribution in [0.5, 0.6) is 0 Å². The van der Waals surface area contributed by atoms with Crippen LogP contribution in [-0.4, -0.2) is 42.7 Å². The van der Waals surface area contributed by atoms with Gasteiger partial charge in [-0.25, -0.2) is 4.79 Å². The molecule has 1 aromatic heterocycles. The maximum absolute atomic E-state index is 11.6. The third-order valence-corrected chi connectivity index (χ3v) is 3.05. The van der Waals surface area contributed by atoms with Crippen LogP contribution in [0, 0.1) is 0 Å². The molecule has 2 rings (SSSR count). The van der Waals surface area contributed by atoms with Crippen LogP contribution in [0.4, 0.5) is 0 Å². The Kier molecular flexibility index (Phi) is 3.25. The molecule has 0 radical (unpaired) electrons. The number of nitrogens with zero attached hydrogens (tertiary/aromatic N) is 1. The molecule has 0 aromatic carbocycles. The zero-order valence-electron chi connectivity index (χ0n) is 9.11. The first-order chi connectivity index (χ1) is 8.15. The molecule has 17 heavy (non-hydrogen) atoms. The highest BCUT2D eigenvalue weighted by Gasteiger charge is 2.27. The predicted molar refractivity (Wildman–Crippen MR) is 59.3 cm³/mol. The third kappa shape index (κ3) is 2.08. The Bertz CT molecular complexity index is 579. The Balaban J connectivity index is 2.56. The maximum Gasteiger partial charge on any atom is 0.359 e. The zero-order chi connectivity index (χ0) is 12.4. The van der Waals surface area contributed by atoms with E-state index in [4.69, 9.17) is 4.74 Å². The molecule has 2 heterocycles. The van der Waals surface area contributed by atoms with E-state index in [0.717, 1.165) is 0 Å². The zero-order valence-corrected chi connectivity index (χ0v) is 9.93. The summed E-state index contributed by atoms with van der Waals surface area (Å²) in [5, 5.41) is 9.22. The number of aromatic nitrogens is 2. The standard InChI is InChI=1S/C9H11N3O4S/c1-2-16-9(13)7-6-5(11-12-7)3-4-10-8(6)17(14)15/h10H,2-4H2,1H3,(H,11,12). The molecule has 0 bridgehead atoms. The van der Waals surface area contributed by atoms with Crippen molar-refractivity contribution in [3.05, 3.63) is 17.0 Å². The molecule has 0 spiro atoms. The van der Waals surface area contributed by atoms with Gasteiger partial charge in [-0.1, -0.05) is 0 Å². The molecule has 2 N–H and O–H groups in total. The number of carbonyl (C=O) groups is 1. The van der Waals surface area contributed by atoms with Gasteiger partial charge in [-0.05, 0) is 6.92 Å². The van der Waals surface area contributed by atoms with Crippen LogP contribution >= 0.6 is 0 Å². The third-order valence-electron chi connectivity index (χ3n) is 2.36. The normalized spacial score (nSPS) is 14.3. The Morgan fingerprint density at radius 1 is 1.53 bits per heavy atom. The van der Waals surface area contributed by atoms with Crippen LogP contribution in [0.25, 0.3) is 0 Å². The lowest BCUT2D eigenvalue weighted by molar-refractivity contribution is 0.0519. The van der Waals surface area contributed by atoms with Crippen molar-refractivity contribution in [3.8, 4) is 0 Å². The molecule has 0 aliphatic carbocycles. The van der Waals surface area contributed by atoms with Crippen LogP contribution in [-0.2, 0) is 21.5 Å². The molecule has 0 unspecified atom stereocenters. The number of hydrogen-bond acceptors (Lipinski definition) is 5. The average molecular weight is 257 g/mol. The lowest BCUT2D eigenvalue weighted by Crippen LogP contribution is -2.34. The predicted octanol–water partition coefficient (Wildman–Crippen LogP) is -0.911. The average Bonchev–Trinajstić information content (AvgIpc) is 2.72. The minimum Gasteiger partial charge on any atom is -0.461 e. The quantitative estimate of drug-likeness (QED) is 0.525. The second-order valence-corrected chi connectivity index (χ2v) is 4.26. The van der Waals surface area contributed by atoms with Crippen LogP contribution in [0.2, 0.25) is 0 Å². The van der Waals surface area contributed by atoms with E-state index < -0.39 is 16.3 Å². The van der Waals surface area contributed by atoms with E-state index >= 15 is 0 Å². The highest BCUT2D eigenvalue weighted by molar-refractivity contribution is 7.73. The molecule has 0 atom stereocenters. The summed E-state index contributed by atoms with van der Waals surface area (Å²) in [6, 6.07) is 0. The van der Waals surface area contributed by atoms with Gasteiger partial charge in [0, 0.05) is 18.7 Å². The molecular weight excluding hydrogens is 246 g/mol. The second-order valence-electron chi connectivity index (χ2n) is 3.39. The Hall–Kier alpha value is -1.67. The Morgan fingerprint density at radius 3 is 2.94 bits per heavy atom. The van der Waals surface area contributed by atoms with Gasteiger partial charge in [-0.3, -0.25) is 10.4 Å². The SMILES string of the molecule is CCOC(=O)c1n[nH]c2c1C(=S(=O)=O)NCC2. The van der Waals surface area contributed by atoms with Crippen molar-refractivity contribution in [2.45, 2.75) is 13.3 Å². The molecule has 8 heteroatoms. The van der Waals surface area contributed by atoms with Gasteiger partial charge >= 0.3 is 5.97 Å². The highest BCUT2D eigenvalue weighted by atomic mass is 32.2. The summed E-state index contributed by atoms with van der Waals surface area (Å²) in [6.45, 7) is 2.37. The van der Waals surface area contributed by atoms with E-state index in [1.165, 1.54) is 0 Å². The van der Waals surface area contributed by atoms with Gasteiger partial charge in [0.1, 0.15) is 4.99 Å².